The van der Waals surface area contributed by atoms with Gasteiger partial charge in [0.1, 0.15) is 24.4 Å². The largest absolute Gasteiger partial charge is 0.444 e. The number of amides is 4. The van der Waals surface area contributed by atoms with E-state index in [0.29, 0.717) is 0 Å². The normalized spacial score (nSPS) is 35.0. The number of nitrogens with zero attached hydrogens (tertiary/aromatic N) is 4. The summed E-state index contributed by atoms with van der Waals surface area (Å²) in [7, 11) is 6.99. The van der Waals surface area contributed by atoms with E-state index in [1.165, 1.54) is 0 Å². The monoisotopic (exact) mass is 516 g/mol. The molecule has 4 saturated heterocycles. The second-order valence-electron chi connectivity index (χ2n) is 9.76. The lowest BCUT2D eigenvalue weighted by Gasteiger charge is -2.11. The van der Waals surface area contributed by atoms with Gasteiger partial charge in [0.2, 0.25) is 0 Å². The first kappa shape index (κ1) is 31.1. The Morgan fingerprint density at radius 3 is 0.556 bits per heavy atom. The molecule has 0 spiro atoms. The zero-order chi connectivity index (χ0) is 28.1. The number of carbonyl (C=O) groups is 4. The molecule has 0 aromatic carbocycles. The Balaban J connectivity index is 0.000000240. The molecule has 12 nitrogen and oxygen atoms in total. The molecule has 0 aromatic rings. The zero-order valence-electron chi connectivity index (χ0n) is 23.7. The molecule has 208 valence electrons. The van der Waals surface area contributed by atoms with Crippen LogP contribution in [0.15, 0.2) is 0 Å². The van der Waals surface area contributed by atoms with Gasteiger partial charge in [-0.05, 0) is 55.4 Å². The first-order valence-electron chi connectivity index (χ1n) is 12.2. The van der Waals surface area contributed by atoms with E-state index >= 15 is 0 Å². The molecule has 4 fully saturated rings. The topological polar surface area (TPSA) is 118 Å². The van der Waals surface area contributed by atoms with E-state index in [1.54, 1.807) is 47.8 Å². The van der Waals surface area contributed by atoms with Gasteiger partial charge in [0, 0.05) is 28.2 Å². The number of rotatable bonds is 0. The van der Waals surface area contributed by atoms with Gasteiger partial charge >= 0.3 is 24.4 Å². The van der Waals surface area contributed by atoms with Crippen molar-refractivity contribution in [3.05, 3.63) is 0 Å². The Bertz CT molecular complexity index is 668. The predicted octanol–water partition coefficient (Wildman–Crippen LogP) is 3.38. The molecule has 8 atom stereocenters. The van der Waals surface area contributed by atoms with Crippen LogP contribution in [0.5, 0.6) is 0 Å². The van der Waals surface area contributed by atoms with Gasteiger partial charge in [-0.2, -0.15) is 0 Å². The van der Waals surface area contributed by atoms with E-state index in [1.807, 2.05) is 55.4 Å². The second kappa shape index (κ2) is 12.9. The van der Waals surface area contributed by atoms with Crippen molar-refractivity contribution in [2.24, 2.45) is 0 Å². The fraction of sp³-hybridized carbons (Fsp3) is 0.833. The van der Waals surface area contributed by atoms with Crippen LogP contribution < -0.4 is 0 Å². The molecule has 0 radical (unpaired) electrons. The van der Waals surface area contributed by atoms with E-state index in [4.69, 9.17) is 18.9 Å². The molecule has 0 unspecified atom stereocenters. The van der Waals surface area contributed by atoms with Gasteiger partial charge < -0.3 is 38.5 Å². The molecule has 0 aliphatic carbocycles. The number of hydrogen-bond acceptors (Lipinski definition) is 8. The smallest absolute Gasteiger partial charge is 0.410 e. The highest BCUT2D eigenvalue weighted by atomic mass is 16.6. The molecule has 12 heteroatoms. The third-order valence-electron chi connectivity index (χ3n) is 7.46. The summed E-state index contributed by atoms with van der Waals surface area (Å²) in [5.41, 5.74) is 0. The fourth-order valence-electron chi connectivity index (χ4n) is 3.29. The minimum absolute atomic E-state index is 0.0440. The minimum Gasteiger partial charge on any atom is -0.444 e. The van der Waals surface area contributed by atoms with Gasteiger partial charge in [0.25, 0.3) is 0 Å². The van der Waals surface area contributed by atoms with Crippen molar-refractivity contribution in [1.82, 2.24) is 19.6 Å². The Morgan fingerprint density at radius 1 is 0.389 bits per heavy atom. The number of carbonyl (C=O) groups excluding carboxylic acids is 4. The van der Waals surface area contributed by atoms with Crippen molar-refractivity contribution in [1.29, 1.82) is 0 Å². The van der Waals surface area contributed by atoms with Crippen molar-refractivity contribution in [3.8, 4) is 0 Å². The summed E-state index contributed by atoms with van der Waals surface area (Å²) < 4.78 is 19.5. The standard InChI is InChI=1S/4C6H11NO2/c4*1-4-5(2)9-6(8)7(4)3/h4*4-5H,1-3H3/t2*4-,5+;2*4-,5-/m1010/s1. The summed E-state index contributed by atoms with van der Waals surface area (Å²) >= 11 is 0. The van der Waals surface area contributed by atoms with Crippen LogP contribution in [0, 0.1) is 0 Å². The number of cyclic esters (lactones) is 4. The lowest BCUT2D eigenvalue weighted by molar-refractivity contribution is 0.138. The number of ether oxygens (including phenoxy) is 4. The van der Waals surface area contributed by atoms with Gasteiger partial charge in [-0.15, -0.1) is 0 Å². The summed E-state index contributed by atoms with van der Waals surface area (Å²) in [6, 6.07) is 0.880. The molecule has 4 aliphatic heterocycles. The van der Waals surface area contributed by atoms with Crippen molar-refractivity contribution in [2.75, 3.05) is 28.2 Å². The van der Waals surface area contributed by atoms with Crippen LogP contribution in [0.1, 0.15) is 55.4 Å². The molecule has 0 bridgehead atoms. The minimum atomic E-state index is -0.213. The first-order valence-corrected chi connectivity index (χ1v) is 12.2. The molecule has 0 N–H and O–H groups in total. The maximum atomic E-state index is 10.7. The van der Waals surface area contributed by atoms with Gasteiger partial charge in [-0.3, -0.25) is 0 Å². The molecule has 4 amide bonds. The van der Waals surface area contributed by atoms with E-state index in [9.17, 15) is 19.2 Å². The first-order chi connectivity index (χ1) is 16.5. The van der Waals surface area contributed by atoms with E-state index in [2.05, 4.69) is 0 Å². The third-order valence-corrected chi connectivity index (χ3v) is 7.46. The number of hydrogen-bond donors (Lipinski definition) is 0. The van der Waals surface area contributed by atoms with Crippen molar-refractivity contribution in [3.63, 3.8) is 0 Å². The van der Waals surface area contributed by atoms with E-state index in [-0.39, 0.29) is 73.0 Å². The fourth-order valence-corrected chi connectivity index (χ4v) is 3.29. The lowest BCUT2D eigenvalue weighted by Crippen LogP contribution is -2.28. The Morgan fingerprint density at radius 2 is 0.528 bits per heavy atom. The Kier molecular flexibility index (Phi) is 11.1. The van der Waals surface area contributed by atoms with E-state index < -0.39 is 0 Å². The van der Waals surface area contributed by atoms with Crippen LogP contribution in [0.25, 0.3) is 0 Å². The lowest BCUT2D eigenvalue weighted by atomic mass is 10.2. The average Bonchev–Trinajstić information content (AvgIpc) is 3.37. The van der Waals surface area contributed by atoms with Crippen LogP contribution in [-0.2, 0) is 18.9 Å². The molecular formula is C24H44N4O8. The second-order valence-corrected chi connectivity index (χ2v) is 9.76. The number of likely N-dealkylation sites (N-methyl/N-ethyl adjacent to an activating group) is 4. The Hall–Kier alpha value is -2.92. The summed E-state index contributed by atoms with van der Waals surface area (Å²) in [4.78, 5) is 49.2. The maximum Gasteiger partial charge on any atom is 0.410 e. The SMILES string of the molecule is C[C@@H]1OC(=O)N(C)[C@@H]1C.C[C@@H]1OC(=O)N(C)[C@H]1C.C[C@@H]1[C@@H](C)OC(=O)N1C.C[C@H]1OC(=O)N(C)[C@H]1C. The van der Waals surface area contributed by atoms with Gasteiger partial charge in [-0.1, -0.05) is 0 Å². The predicted molar refractivity (Wildman–Crippen MR) is 133 cm³/mol. The molecular weight excluding hydrogens is 472 g/mol. The summed E-state index contributed by atoms with van der Waals surface area (Å²) in [6.07, 6.45) is -0.676. The van der Waals surface area contributed by atoms with Crippen molar-refractivity contribution < 1.29 is 38.1 Å². The molecule has 0 saturated carbocycles. The highest BCUT2D eigenvalue weighted by molar-refractivity contribution is 5.71. The molecule has 36 heavy (non-hydrogen) atoms. The molecule has 4 heterocycles. The van der Waals surface area contributed by atoms with Crippen molar-refractivity contribution >= 4 is 24.4 Å². The summed E-state index contributed by atoms with van der Waals surface area (Å²) in [5.74, 6) is 0. The maximum absolute atomic E-state index is 10.7. The molecule has 4 rings (SSSR count). The molecule has 0 aromatic heterocycles. The quantitative estimate of drug-likeness (QED) is 0.450. The van der Waals surface area contributed by atoms with Crippen molar-refractivity contribution in [2.45, 2.75) is 104 Å². The average molecular weight is 517 g/mol. The van der Waals surface area contributed by atoms with Crippen LogP contribution >= 0.6 is 0 Å². The molecule has 4 aliphatic rings. The van der Waals surface area contributed by atoms with Crippen LogP contribution in [0.3, 0.4) is 0 Å². The highest BCUT2D eigenvalue weighted by Gasteiger charge is 2.34. The highest BCUT2D eigenvalue weighted by Crippen LogP contribution is 2.17. The van der Waals surface area contributed by atoms with Gasteiger partial charge in [0.15, 0.2) is 0 Å². The Labute approximate surface area is 214 Å². The van der Waals surface area contributed by atoms with Gasteiger partial charge in [0.05, 0.1) is 24.2 Å². The summed E-state index contributed by atoms with van der Waals surface area (Å²) in [6.45, 7) is 15.5. The summed E-state index contributed by atoms with van der Waals surface area (Å²) in [5, 5.41) is 0. The van der Waals surface area contributed by atoms with Gasteiger partial charge in [-0.25, -0.2) is 19.2 Å². The van der Waals surface area contributed by atoms with E-state index in [0.717, 1.165) is 0 Å². The van der Waals surface area contributed by atoms with Crippen LogP contribution in [0.2, 0.25) is 0 Å². The van der Waals surface area contributed by atoms with Crippen LogP contribution in [-0.4, -0.2) is 121 Å². The zero-order valence-corrected chi connectivity index (χ0v) is 23.7. The van der Waals surface area contributed by atoms with Crippen LogP contribution in [0.4, 0.5) is 19.2 Å². The third kappa shape index (κ3) is 7.54.